The quantitative estimate of drug-likeness (QED) is 0.842. The molecule has 21 heavy (non-hydrogen) atoms. The van der Waals surface area contributed by atoms with E-state index in [1.165, 1.54) is 0 Å². The van der Waals surface area contributed by atoms with Gasteiger partial charge in [-0.25, -0.2) is 13.1 Å². The zero-order valence-corrected chi connectivity index (χ0v) is 14.2. The Balaban J connectivity index is 2.25. The van der Waals surface area contributed by atoms with Gasteiger partial charge in [0, 0.05) is 6.04 Å². The summed E-state index contributed by atoms with van der Waals surface area (Å²) >= 11 is 0. The average molecular weight is 310 g/mol. The molecule has 0 amide bonds. The molecule has 118 valence electrons. The van der Waals surface area contributed by atoms with Crippen LogP contribution in [0.1, 0.15) is 50.7 Å². The first-order valence-electron chi connectivity index (χ1n) is 7.50. The number of rotatable bonds is 3. The summed E-state index contributed by atoms with van der Waals surface area (Å²) in [5, 5.41) is 0. The van der Waals surface area contributed by atoms with Gasteiger partial charge in [-0.1, -0.05) is 20.3 Å². The largest absolute Gasteiger partial charge is 0.398 e. The number of hydrogen-bond acceptors (Lipinski definition) is 3. The summed E-state index contributed by atoms with van der Waals surface area (Å²) in [6.07, 6.45) is 3.98. The predicted octanol–water partition coefficient (Wildman–Crippen LogP) is 3.13. The van der Waals surface area contributed by atoms with Crippen LogP contribution in [0.15, 0.2) is 17.0 Å². The van der Waals surface area contributed by atoms with Crippen molar-refractivity contribution < 1.29 is 8.42 Å². The monoisotopic (exact) mass is 310 g/mol. The number of nitrogens with two attached hydrogens (primary N) is 1. The smallest absolute Gasteiger partial charge is 0.242 e. The third-order valence-corrected chi connectivity index (χ3v) is 6.02. The minimum atomic E-state index is -3.56. The standard InChI is InChI=1S/C16H26N2O2S/c1-11-8-14(17)15(9-12(11)2)21(19,20)18-13-6-5-7-16(3,4)10-13/h8-9,13,18H,5-7,10,17H2,1-4H3. The van der Waals surface area contributed by atoms with E-state index in [2.05, 4.69) is 18.6 Å². The van der Waals surface area contributed by atoms with Gasteiger partial charge in [0.15, 0.2) is 0 Å². The molecule has 2 rings (SSSR count). The number of sulfonamides is 1. The maximum atomic E-state index is 12.6. The van der Waals surface area contributed by atoms with E-state index in [0.717, 1.165) is 36.8 Å². The van der Waals surface area contributed by atoms with Gasteiger partial charge >= 0.3 is 0 Å². The third kappa shape index (κ3) is 3.77. The normalized spacial score (nSPS) is 22.2. The van der Waals surface area contributed by atoms with Crippen LogP contribution in [0.2, 0.25) is 0 Å². The van der Waals surface area contributed by atoms with E-state index in [1.54, 1.807) is 12.1 Å². The molecule has 5 heteroatoms. The van der Waals surface area contributed by atoms with Crippen LogP contribution in [-0.4, -0.2) is 14.5 Å². The fourth-order valence-electron chi connectivity index (χ4n) is 3.13. The van der Waals surface area contributed by atoms with Crippen molar-refractivity contribution in [1.29, 1.82) is 0 Å². The van der Waals surface area contributed by atoms with E-state index < -0.39 is 10.0 Å². The van der Waals surface area contributed by atoms with Crippen molar-refractivity contribution in [2.45, 2.75) is 64.3 Å². The summed E-state index contributed by atoms with van der Waals surface area (Å²) < 4.78 is 28.1. The Morgan fingerprint density at radius 3 is 2.48 bits per heavy atom. The minimum Gasteiger partial charge on any atom is -0.398 e. The van der Waals surface area contributed by atoms with Gasteiger partial charge in [-0.3, -0.25) is 0 Å². The predicted molar refractivity (Wildman–Crippen MR) is 86.7 cm³/mol. The molecule has 0 bridgehead atoms. The molecule has 1 atom stereocenters. The topological polar surface area (TPSA) is 72.2 Å². The second-order valence-corrected chi connectivity index (χ2v) is 8.74. The van der Waals surface area contributed by atoms with Crippen molar-refractivity contribution in [2.75, 3.05) is 5.73 Å². The minimum absolute atomic E-state index is 0.000223. The van der Waals surface area contributed by atoms with Gasteiger partial charge in [0.25, 0.3) is 0 Å². The fourth-order valence-corrected chi connectivity index (χ4v) is 4.59. The molecular formula is C16H26N2O2S. The Labute approximate surface area is 128 Å². The molecular weight excluding hydrogens is 284 g/mol. The van der Waals surface area contributed by atoms with Gasteiger partial charge in [0.05, 0.1) is 5.69 Å². The van der Waals surface area contributed by atoms with Crippen LogP contribution < -0.4 is 10.5 Å². The highest BCUT2D eigenvalue weighted by Gasteiger charge is 2.31. The molecule has 0 heterocycles. The lowest BCUT2D eigenvalue weighted by Gasteiger charge is -2.35. The van der Waals surface area contributed by atoms with Crippen molar-refractivity contribution in [3.8, 4) is 0 Å². The molecule has 0 aromatic heterocycles. The number of anilines is 1. The van der Waals surface area contributed by atoms with Gasteiger partial charge in [0.1, 0.15) is 4.90 Å². The van der Waals surface area contributed by atoms with Crippen LogP contribution in [-0.2, 0) is 10.0 Å². The van der Waals surface area contributed by atoms with Crippen molar-refractivity contribution in [1.82, 2.24) is 4.72 Å². The molecule has 1 aromatic carbocycles. The Bertz CT molecular complexity index is 636. The van der Waals surface area contributed by atoms with E-state index >= 15 is 0 Å². The van der Waals surface area contributed by atoms with Gasteiger partial charge in [-0.2, -0.15) is 0 Å². The molecule has 1 unspecified atom stereocenters. The van der Waals surface area contributed by atoms with E-state index in [4.69, 9.17) is 5.73 Å². The van der Waals surface area contributed by atoms with Crippen LogP contribution in [0, 0.1) is 19.3 Å². The number of nitrogens with one attached hydrogen (secondary N) is 1. The molecule has 3 N–H and O–H groups in total. The summed E-state index contributed by atoms with van der Waals surface area (Å²) in [4.78, 5) is 0.203. The molecule has 0 saturated heterocycles. The summed E-state index contributed by atoms with van der Waals surface area (Å²) in [6, 6.07) is 3.40. The van der Waals surface area contributed by atoms with E-state index in [-0.39, 0.29) is 16.4 Å². The van der Waals surface area contributed by atoms with Crippen LogP contribution >= 0.6 is 0 Å². The lowest BCUT2D eigenvalue weighted by atomic mass is 9.75. The second kappa shape index (κ2) is 5.61. The Hall–Kier alpha value is -1.07. The van der Waals surface area contributed by atoms with Crippen LogP contribution in [0.3, 0.4) is 0 Å². The SMILES string of the molecule is Cc1cc(N)c(S(=O)(=O)NC2CCCC(C)(C)C2)cc1C. The zero-order valence-electron chi connectivity index (χ0n) is 13.4. The Kier molecular flexibility index (Phi) is 4.36. The maximum Gasteiger partial charge on any atom is 0.242 e. The molecule has 1 aliphatic rings. The maximum absolute atomic E-state index is 12.6. The van der Waals surface area contributed by atoms with Gasteiger partial charge in [-0.15, -0.1) is 0 Å². The Morgan fingerprint density at radius 1 is 1.24 bits per heavy atom. The number of benzene rings is 1. The third-order valence-electron chi connectivity index (χ3n) is 4.44. The van der Waals surface area contributed by atoms with Crippen molar-refractivity contribution in [2.24, 2.45) is 5.41 Å². The van der Waals surface area contributed by atoms with Crippen LogP contribution in [0.25, 0.3) is 0 Å². The number of hydrogen-bond donors (Lipinski definition) is 2. The summed E-state index contributed by atoms with van der Waals surface area (Å²) in [7, 11) is -3.56. The summed E-state index contributed by atoms with van der Waals surface area (Å²) in [6.45, 7) is 8.21. The molecule has 1 aliphatic carbocycles. The molecule has 1 aromatic rings. The molecule has 4 nitrogen and oxygen atoms in total. The summed E-state index contributed by atoms with van der Waals surface area (Å²) in [5.74, 6) is 0. The van der Waals surface area contributed by atoms with Gasteiger partial charge in [-0.05, 0) is 61.8 Å². The van der Waals surface area contributed by atoms with Gasteiger partial charge in [0.2, 0.25) is 10.0 Å². The Morgan fingerprint density at radius 2 is 1.86 bits per heavy atom. The van der Waals surface area contributed by atoms with Crippen molar-refractivity contribution in [3.05, 3.63) is 23.3 Å². The highest BCUT2D eigenvalue weighted by Crippen LogP contribution is 2.36. The summed E-state index contributed by atoms with van der Waals surface area (Å²) in [5.41, 5.74) is 8.37. The lowest BCUT2D eigenvalue weighted by molar-refractivity contribution is 0.212. The highest BCUT2D eigenvalue weighted by atomic mass is 32.2. The highest BCUT2D eigenvalue weighted by molar-refractivity contribution is 7.89. The molecule has 1 saturated carbocycles. The van der Waals surface area contributed by atoms with E-state index in [0.29, 0.717) is 5.69 Å². The molecule has 0 spiro atoms. The average Bonchev–Trinajstić information content (AvgIpc) is 2.31. The number of aryl methyl sites for hydroxylation is 2. The lowest BCUT2D eigenvalue weighted by Crippen LogP contribution is -2.40. The second-order valence-electron chi connectivity index (χ2n) is 7.05. The van der Waals surface area contributed by atoms with Crippen molar-refractivity contribution in [3.63, 3.8) is 0 Å². The fraction of sp³-hybridized carbons (Fsp3) is 0.625. The van der Waals surface area contributed by atoms with E-state index in [9.17, 15) is 8.42 Å². The number of nitrogen functional groups attached to an aromatic ring is 1. The first kappa shape index (κ1) is 16.3. The van der Waals surface area contributed by atoms with Crippen LogP contribution in [0.4, 0.5) is 5.69 Å². The molecule has 1 fully saturated rings. The van der Waals surface area contributed by atoms with Crippen LogP contribution in [0.5, 0.6) is 0 Å². The molecule has 0 radical (unpaired) electrons. The van der Waals surface area contributed by atoms with Crippen molar-refractivity contribution >= 4 is 15.7 Å². The van der Waals surface area contributed by atoms with Gasteiger partial charge < -0.3 is 5.73 Å². The zero-order chi connectivity index (χ0) is 15.8. The first-order chi connectivity index (χ1) is 9.61. The first-order valence-corrected chi connectivity index (χ1v) is 8.98. The molecule has 0 aliphatic heterocycles. The van der Waals surface area contributed by atoms with E-state index in [1.807, 2.05) is 13.8 Å².